The first-order valence-corrected chi connectivity index (χ1v) is 13.0. The number of hydrogen-bond acceptors (Lipinski definition) is 4. The molecule has 1 fully saturated rings. The molecule has 0 aliphatic carbocycles. The van der Waals surface area contributed by atoms with E-state index in [9.17, 15) is 18.0 Å². The maximum absolute atomic E-state index is 13.0. The van der Waals surface area contributed by atoms with E-state index in [1.807, 2.05) is 23.1 Å². The molecule has 0 aromatic heterocycles. The number of nitrogens with zero attached hydrogens (tertiary/aromatic N) is 2. The van der Waals surface area contributed by atoms with Crippen LogP contribution < -0.4 is 5.32 Å². The molecular weight excluding hydrogens is 438 g/mol. The van der Waals surface area contributed by atoms with Crippen molar-refractivity contribution in [3.05, 3.63) is 64.7 Å². The van der Waals surface area contributed by atoms with Crippen molar-refractivity contribution in [3.8, 4) is 0 Å². The Balaban J connectivity index is 1.72. The van der Waals surface area contributed by atoms with E-state index < -0.39 is 10.0 Å². The van der Waals surface area contributed by atoms with E-state index in [1.165, 1.54) is 10.4 Å². The maximum atomic E-state index is 13.0. The van der Waals surface area contributed by atoms with Crippen LogP contribution in [0.25, 0.3) is 0 Å². The number of sulfonamides is 1. The Morgan fingerprint density at radius 1 is 0.970 bits per heavy atom. The molecule has 0 radical (unpaired) electrons. The van der Waals surface area contributed by atoms with Gasteiger partial charge >= 0.3 is 0 Å². The fourth-order valence-electron chi connectivity index (χ4n) is 4.10. The summed E-state index contributed by atoms with van der Waals surface area (Å²) in [7, 11) is -3.67. The van der Waals surface area contributed by atoms with Crippen LogP contribution in [0.5, 0.6) is 0 Å². The minimum absolute atomic E-state index is 0.0210. The summed E-state index contributed by atoms with van der Waals surface area (Å²) in [5, 5.41) is 2.84. The van der Waals surface area contributed by atoms with E-state index in [-0.39, 0.29) is 28.8 Å². The summed E-state index contributed by atoms with van der Waals surface area (Å²) in [6, 6.07) is 12.0. The number of piperidine rings is 1. The van der Waals surface area contributed by atoms with Gasteiger partial charge in [0, 0.05) is 43.9 Å². The minimum Gasteiger partial charge on any atom is -0.348 e. The zero-order valence-corrected chi connectivity index (χ0v) is 20.5. The van der Waals surface area contributed by atoms with Crippen LogP contribution in [-0.4, -0.2) is 55.6 Å². The third kappa shape index (κ3) is 5.81. The standard InChI is InChI=1S/C25H33N3O4S/c1-4-28(5-2)33(31,32)23-17-21(13-12-19(23)3)24(29)26-18-20-10-9-11-22(16-20)25(30)27-14-7-6-8-15-27/h9-13,16-17H,4-8,14-15,18H2,1-3H3,(H,26,29). The Hall–Kier alpha value is -2.71. The smallest absolute Gasteiger partial charge is 0.253 e. The number of benzene rings is 2. The zero-order chi connectivity index (χ0) is 24.0. The van der Waals surface area contributed by atoms with Gasteiger partial charge in [0.2, 0.25) is 10.0 Å². The predicted molar refractivity (Wildman–Crippen MR) is 129 cm³/mol. The van der Waals surface area contributed by atoms with Crippen LogP contribution in [0.4, 0.5) is 0 Å². The first-order chi connectivity index (χ1) is 15.8. The van der Waals surface area contributed by atoms with Crippen molar-refractivity contribution < 1.29 is 18.0 Å². The molecule has 7 nitrogen and oxygen atoms in total. The van der Waals surface area contributed by atoms with Crippen LogP contribution in [0.2, 0.25) is 0 Å². The number of amides is 2. The third-order valence-corrected chi connectivity index (χ3v) is 8.24. The molecule has 2 aromatic rings. The molecule has 2 amide bonds. The molecule has 0 bridgehead atoms. The molecule has 1 N–H and O–H groups in total. The number of nitrogens with one attached hydrogen (secondary N) is 1. The lowest BCUT2D eigenvalue weighted by Crippen LogP contribution is -2.35. The van der Waals surface area contributed by atoms with E-state index in [2.05, 4.69) is 5.32 Å². The van der Waals surface area contributed by atoms with Crippen molar-refractivity contribution in [2.75, 3.05) is 26.2 Å². The van der Waals surface area contributed by atoms with Gasteiger partial charge < -0.3 is 10.2 Å². The number of aryl methyl sites for hydroxylation is 1. The molecule has 1 heterocycles. The Bertz CT molecular complexity index is 1100. The topological polar surface area (TPSA) is 86.8 Å². The minimum atomic E-state index is -3.67. The van der Waals surface area contributed by atoms with Crippen molar-refractivity contribution in [1.29, 1.82) is 0 Å². The van der Waals surface area contributed by atoms with Gasteiger partial charge in [0.1, 0.15) is 0 Å². The Morgan fingerprint density at radius 3 is 2.33 bits per heavy atom. The molecular formula is C25H33N3O4S. The van der Waals surface area contributed by atoms with Gasteiger partial charge in [-0.2, -0.15) is 4.31 Å². The van der Waals surface area contributed by atoms with Crippen molar-refractivity contribution >= 4 is 21.8 Å². The largest absolute Gasteiger partial charge is 0.348 e. The highest BCUT2D eigenvalue weighted by Gasteiger charge is 2.25. The number of hydrogen-bond donors (Lipinski definition) is 1. The van der Waals surface area contributed by atoms with Gasteiger partial charge in [-0.25, -0.2) is 8.42 Å². The number of likely N-dealkylation sites (tertiary alicyclic amines) is 1. The summed E-state index contributed by atoms with van der Waals surface area (Å²) in [4.78, 5) is 27.6. The first-order valence-electron chi connectivity index (χ1n) is 11.5. The van der Waals surface area contributed by atoms with E-state index in [0.717, 1.165) is 37.9 Å². The van der Waals surface area contributed by atoms with Gasteiger partial charge in [-0.1, -0.05) is 32.0 Å². The summed E-state index contributed by atoms with van der Waals surface area (Å²) in [6.07, 6.45) is 3.22. The number of carbonyl (C=O) groups excluding carboxylic acids is 2. The molecule has 1 aliphatic heterocycles. The summed E-state index contributed by atoms with van der Waals surface area (Å²) < 4.78 is 27.3. The fraction of sp³-hybridized carbons (Fsp3) is 0.440. The quantitative estimate of drug-likeness (QED) is 0.638. The summed E-state index contributed by atoms with van der Waals surface area (Å²) in [5.41, 5.74) is 2.31. The van der Waals surface area contributed by atoms with E-state index in [0.29, 0.717) is 24.2 Å². The monoisotopic (exact) mass is 471 g/mol. The van der Waals surface area contributed by atoms with Gasteiger partial charge in [0.05, 0.1) is 4.90 Å². The lowest BCUT2D eigenvalue weighted by molar-refractivity contribution is 0.0724. The highest BCUT2D eigenvalue weighted by Crippen LogP contribution is 2.21. The molecule has 0 unspecified atom stereocenters. The van der Waals surface area contributed by atoms with E-state index in [1.54, 1.807) is 39.0 Å². The predicted octanol–water partition coefficient (Wildman–Crippen LogP) is 3.58. The summed E-state index contributed by atoms with van der Waals surface area (Å²) >= 11 is 0. The average molecular weight is 472 g/mol. The normalized spacial score (nSPS) is 14.4. The van der Waals surface area contributed by atoms with Crippen molar-refractivity contribution in [2.24, 2.45) is 0 Å². The molecule has 2 aromatic carbocycles. The second-order valence-electron chi connectivity index (χ2n) is 8.31. The second kappa shape index (κ2) is 10.9. The lowest BCUT2D eigenvalue weighted by Gasteiger charge is -2.26. The van der Waals surface area contributed by atoms with E-state index in [4.69, 9.17) is 0 Å². The molecule has 0 spiro atoms. The van der Waals surface area contributed by atoms with Gasteiger partial charge in [0.25, 0.3) is 11.8 Å². The average Bonchev–Trinajstić information content (AvgIpc) is 2.83. The lowest BCUT2D eigenvalue weighted by atomic mass is 10.1. The Labute approximate surface area is 196 Å². The maximum Gasteiger partial charge on any atom is 0.253 e. The van der Waals surface area contributed by atoms with Crippen LogP contribution >= 0.6 is 0 Å². The van der Waals surface area contributed by atoms with Gasteiger partial charge in [0.15, 0.2) is 0 Å². The summed E-state index contributed by atoms with van der Waals surface area (Å²) in [5.74, 6) is -0.341. The van der Waals surface area contributed by atoms with Gasteiger partial charge in [-0.15, -0.1) is 0 Å². The molecule has 3 rings (SSSR count). The van der Waals surface area contributed by atoms with E-state index >= 15 is 0 Å². The Morgan fingerprint density at radius 2 is 1.67 bits per heavy atom. The van der Waals surface area contributed by atoms with Crippen molar-refractivity contribution in [2.45, 2.75) is 51.5 Å². The SMILES string of the molecule is CCN(CC)S(=O)(=O)c1cc(C(=O)NCc2cccc(C(=O)N3CCCCC3)c2)ccc1C. The molecule has 33 heavy (non-hydrogen) atoms. The molecule has 1 saturated heterocycles. The molecule has 1 aliphatic rings. The van der Waals surface area contributed by atoms with Crippen LogP contribution in [0.1, 0.15) is 65.0 Å². The zero-order valence-electron chi connectivity index (χ0n) is 19.6. The van der Waals surface area contributed by atoms with Crippen molar-refractivity contribution in [1.82, 2.24) is 14.5 Å². The third-order valence-electron chi connectivity index (χ3n) is 6.04. The van der Waals surface area contributed by atoms with Gasteiger partial charge in [-0.05, 0) is 61.6 Å². The summed E-state index contributed by atoms with van der Waals surface area (Å²) in [6.45, 7) is 7.84. The van der Waals surface area contributed by atoms with Crippen molar-refractivity contribution in [3.63, 3.8) is 0 Å². The van der Waals surface area contributed by atoms with Gasteiger partial charge in [-0.3, -0.25) is 9.59 Å². The highest BCUT2D eigenvalue weighted by molar-refractivity contribution is 7.89. The molecule has 0 saturated carbocycles. The number of rotatable bonds is 8. The number of carbonyl (C=O) groups is 2. The molecule has 8 heteroatoms. The molecule has 0 atom stereocenters. The Kier molecular flexibility index (Phi) is 8.26. The van der Waals surface area contributed by atoms with Crippen LogP contribution in [-0.2, 0) is 16.6 Å². The van der Waals surface area contributed by atoms with Crippen LogP contribution in [0.3, 0.4) is 0 Å². The molecule has 178 valence electrons. The second-order valence-corrected chi connectivity index (χ2v) is 10.2. The highest BCUT2D eigenvalue weighted by atomic mass is 32.2. The fourth-order valence-corrected chi connectivity index (χ4v) is 5.81. The van der Waals surface area contributed by atoms with Crippen LogP contribution in [0, 0.1) is 6.92 Å². The first kappa shape index (κ1) is 24.9. The van der Waals surface area contributed by atoms with Crippen LogP contribution in [0.15, 0.2) is 47.4 Å².